The Labute approximate surface area is 165 Å². The van der Waals surface area contributed by atoms with Gasteiger partial charge in [0.2, 0.25) is 0 Å². The molecule has 3 aromatic carbocycles. The molecule has 0 spiro atoms. The zero-order valence-electron chi connectivity index (χ0n) is 14.5. The number of hydrogen-bond donors (Lipinski definition) is 2. The number of hydrogen-bond acceptors (Lipinski definition) is 2. The average molecular weight is 400 g/mol. The second-order valence-electron chi connectivity index (χ2n) is 5.93. The number of carbonyl (C=O) groups excluding carboxylic acids is 1. The van der Waals surface area contributed by atoms with Crippen LogP contribution in [-0.2, 0) is 6.18 Å². The van der Waals surface area contributed by atoms with Gasteiger partial charge in [-0.2, -0.15) is 13.2 Å². The molecule has 28 heavy (non-hydrogen) atoms. The molecule has 142 valence electrons. The van der Waals surface area contributed by atoms with Crippen LogP contribution in [0.15, 0.2) is 78.9 Å². The summed E-state index contributed by atoms with van der Waals surface area (Å²) in [6.07, 6.45) is -4.46. The second kappa shape index (κ2) is 8.22. The van der Waals surface area contributed by atoms with E-state index in [9.17, 15) is 18.0 Å². The van der Waals surface area contributed by atoms with Crippen LogP contribution in [0.4, 0.5) is 18.9 Å². The summed E-state index contributed by atoms with van der Waals surface area (Å²) in [5.74, 6) is -0.455. The molecule has 0 aliphatic carbocycles. The highest BCUT2D eigenvalue weighted by Gasteiger charge is 2.30. The second-order valence-corrected chi connectivity index (χ2v) is 6.34. The molecule has 0 aromatic heterocycles. The molecule has 0 radical (unpaired) electrons. The Balaban J connectivity index is 1.64. The van der Waals surface area contributed by atoms with E-state index < -0.39 is 17.6 Å². The van der Waals surface area contributed by atoms with Gasteiger partial charge in [0.25, 0.3) is 5.91 Å². The van der Waals surface area contributed by atoms with Crippen molar-refractivity contribution in [3.05, 3.63) is 90.0 Å². The molecule has 0 saturated carbocycles. The van der Waals surface area contributed by atoms with E-state index in [1.54, 1.807) is 12.1 Å². The van der Waals surface area contributed by atoms with Gasteiger partial charge in [0.1, 0.15) is 0 Å². The number of thiocarbonyl (C=S) groups is 1. The van der Waals surface area contributed by atoms with Crippen molar-refractivity contribution in [2.75, 3.05) is 5.32 Å². The summed E-state index contributed by atoms with van der Waals surface area (Å²) in [6, 6.07) is 21.2. The monoisotopic (exact) mass is 400 g/mol. The molecule has 0 bridgehead atoms. The zero-order chi connectivity index (χ0) is 20.1. The van der Waals surface area contributed by atoms with Gasteiger partial charge in [0, 0.05) is 11.3 Å². The maximum absolute atomic E-state index is 12.8. The fourth-order valence-electron chi connectivity index (χ4n) is 2.56. The molecular weight excluding hydrogens is 385 g/mol. The maximum Gasteiger partial charge on any atom is 0.416 e. The largest absolute Gasteiger partial charge is 0.416 e. The average Bonchev–Trinajstić information content (AvgIpc) is 2.68. The van der Waals surface area contributed by atoms with Crippen molar-refractivity contribution in [2.45, 2.75) is 6.18 Å². The first kappa shape index (κ1) is 19.6. The molecule has 0 heterocycles. The molecule has 0 aliphatic rings. The third-order valence-electron chi connectivity index (χ3n) is 3.93. The van der Waals surface area contributed by atoms with Crippen LogP contribution in [0.5, 0.6) is 0 Å². The first-order valence-electron chi connectivity index (χ1n) is 8.28. The molecule has 1 amide bonds. The fraction of sp³-hybridized carbons (Fsp3) is 0.0476. The minimum absolute atomic E-state index is 0.0866. The molecular formula is C21H15F3N2OS. The van der Waals surface area contributed by atoms with Gasteiger partial charge >= 0.3 is 6.18 Å². The van der Waals surface area contributed by atoms with Crippen molar-refractivity contribution in [1.29, 1.82) is 0 Å². The number of halogens is 3. The number of benzene rings is 3. The number of carbonyl (C=O) groups is 1. The Kier molecular flexibility index (Phi) is 5.75. The minimum atomic E-state index is -4.46. The van der Waals surface area contributed by atoms with E-state index in [1.165, 1.54) is 12.1 Å². The summed E-state index contributed by atoms with van der Waals surface area (Å²) < 4.78 is 38.3. The highest BCUT2D eigenvalue weighted by atomic mass is 32.1. The zero-order valence-corrected chi connectivity index (χ0v) is 15.3. The van der Waals surface area contributed by atoms with Gasteiger partial charge in [-0.15, -0.1) is 0 Å². The first-order chi connectivity index (χ1) is 13.3. The number of nitrogens with one attached hydrogen (secondary N) is 2. The van der Waals surface area contributed by atoms with Crippen molar-refractivity contribution in [3.8, 4) is 11.1 Å². The van der Waals surface area contributed by atoms with Gasteiger partial charge in [0.05, 0.1) is 5.56 Å². The summed E-state index contributed by atoms with van der Waals surface area (Å²) >= 11 is 5.03. The maximum atomic E-state index is 12.8. The van der Waals surface area contributed by atoms with Crippen molar-refractivity contribution in [2.24, 2.45) is 0 Å². The van der Waals surface area contributed by atoms with Gasteiger partial charge in [-0.25, -0.2) is 0 Å². The minimum Gasteiger partial charge on any atom is -0.332 e. The molecule has 0 atom stereocenters. The van der Waals surface area contributed by atoms with Crippen LogP contribution in [0.3, 0.4) is 0 Å². The molecule has 0 aliphatic heterocycles. The third kappa shape index (κ3) is 4.95. The number of anilines is 1. The van der Waals surface area contributed by atoms with Crippen molar-refractivity contribution >= 4 is 28.9 Å². The Morgan fingerprint density at radius 2 is 1.46 bits per heavy atom. The Morgan fingerprint density at radius 3 is 2.11 bits per heavy atom. The quantitative estimate of drug-likeness (QED) is 0.571. The molecule has 3 nitrogen and oxygen atoms in total. The lowest BCUT2D eigenvalue weighted by Crippen LogP contribution is -2.34. The van der Waals surface area contributed by atoms with E-state index >= 15 is 0 Å². The normalized spacial score (nSPS) is 11.0. The van der Waals surface area contributed by atoms with Crippen LogP contribution >= 0.6 is 12.2 Å². The number of rotatable bonds is 3. The molecule has 3 rings (SSSR count). The summed E-state index contributed by atoms with van der Waals surface area (Å²) in [5, 5.41) is 4.97. The van der Waals surface area contributed by atoms with E-state index in [0.717, 1.165) is 23.3 Å². The molecule has 0 unspecified atom stereocenters. The van der Waals surface area contributed by atoms with E-state index in [0.29, 0.717) is 5.56 Å². The van der Waals surface area contributed by atoms with Crippen LogP contribution in [0.1, 0.15) is 15.9 Å². The lowest BCUT2D eigenvalue weighted by atomic mass is 10.0. The summed E-state index contributed by atoms with van der Waals surface area (Å²) in [4.78, 5) is 12.3. The van der Waals surface area contributed by atoms with E-state index in [2.05, 4.69) is 10.6 Å². The predicted molar refractivity (Wildman–Crippen MR) is 107 cm³/mol. The number of amides is 1. The van der Waals surface area contributed by atoms with Crippen LogP contribution in [0.25, 0.3) is 11.1 Å². The smallest absolute Gasteiger partial charge is 0.332 e. The van der Waals surface area contributed by atoms with E-state index in [-0.39, 0.29) is 10.8 Å². The Bertz CT molecular complexity index is 987. The van der Waals surface area contributed by atoms with Crippen LogP contribution < -0.4 is 10.6 Å². The highest BCUT2D eigenvalue weighted by Crippen LogP contribution is 2.30. The van der Waals surface area contributed by atoms with Gasteiger partial charge < -0.3 is 5.32 Å². The van der Waals surface area contributed by atoms with Gasteiger partial charge in [0.15, 0.2) is 5.11 Å². The summed E-state index contributed by atoms with van der Waals surface area (Å²) in [5.41, 5.74) is 1.70. The van der Waals surface area contributed by atoms with Crippen molar-refractivity contribution in [1.82, 2.24) is 5.32 Å². The van der Waals surface area contributed by atoms with Crippen LogP contribution in [-0.4, -0.2) is 11.0 Å². The lowest BCUT2D eigenvalue weighted by Gasteiger charge is -2.12. The van der Waals surface area contributed by atoms with Crippen molar-refractivity contribution < 1.29 is 18.0 Å². The van der Waals surface area contributed by atoms with E-state index in [1.807, 2.05) is 42.5 Å². The molecule has 2 N–H and O–H groups in total. The van der Waals surface area contributed by atoms with Gasteiger partial charge in [-0.1, -0.05) is 48.5 Å². The van der Waals surface area contributed by atoms with Gasteiger partial charge in [-0.3, -0.25) is 10.1 Å². The topological polar surface area (TPSA) is 41.1 Å². The SMILES string of the molecule is O=C(NC(=S)Nc1cccc(C(F)(F)F)c1)c1ccc(-c2ccccc2)cc1. The third-order valence-corrected chi connectivity index (χ3v) is 4.13. The molecule has 0 fully saturated rings. The van der Waals surface area contributed by atoms with E-state index in [4.69, 9.17) is 12.2 Å². The summed E-state index contributed by atoms with van der Waals surface area (Å²) in [6.45, 7) is 0. The fourth-order valence-corrected chi connectivity index (χ4v) is 2.77. The Morgan fingerprint density at radius 1 is 0.821 bits per heavy atom. The Hall–Kier alpha value is -3.19. The standard InChI is InChI=1S/C21H15F3N2OS/c22-21(23,24)17-7-4-8-18(13-17)25-20(28)26-19(27)16-11-9-15(10-12-16)14-5-2-1-3-6-14/h1-13H,(H2,25,26,27,28). The molecule has 0 saturated heterocycles. The summed E-state index contributed by atoms with van der Waals surface area (Å²) in [7, 11) is 0. The highest BCUT2D eigenvalue weighted by molar-refractivity contribution is 7.80. The van der Waals surface area contributed by atoms with Crippen LogP contribution in [0, 0.1) is 0 Å². The molecule has 7 heteroatoms. The first-order valence-corrected chi connectivity index (χ1v) is 8.69. The van der Waals surface area contributed by atoms with Crippen molar-refractivity contribution in [3.63, 3.8) is 0 Å². The number of alkyl halides is 3. The van der Waals surface area contributed by atoms with Gasteiger partial charge in [-0.05, 0) is 53.7 Å². The lowest BCUT2D eigenvalue weighted by molar-refractivity contribution is -0.137. The molecule has 3 aromatic rings. The van der Waals surface area contributed by atoms with Crippen LogP contribution in [0.2, 0.25) is 0 Å². The predicted octanol–water partition coefficient (Wildman–Crippen LogP) is 5.50.